The van der Waals surface area contributed by atoms with Crippen molar-refractivity contribution in [1.82, 2.24) is 0 Å². The molecule has 2 rings (SSSR count). The molecular formula is C15H19BrF3N. The molecule has 5 heteroatoms. The van der Waals surface area contributed by atoms with Crippen LogP contribution in [0.3, 0.4) is 0 Å². The number of nitrogens with zero attached hydrogens (tertiary/aromatic N) is 1. The normalized spacial score (nSPS) is 15.8. The van der Waals surface area contributed by atoms with Crippen LogP contribution in [0.2, 0.25) is 0 Å². The summed E-state index contributed by atoms with van der Waals surface area (Å²) in [5.74, 6) is 0.340. The minimum Gasteiger partial charge on any atom is -0.368 e. The lowest BCUT2D eigenvalue weighted by atomic mass is 10.1. The van der Waals surface area contributed by atoms with Crippen LogP contribution in [0.5, 0.6) is 0 Å². The number of rotatable bonds is 5. The minimum absolute atomic E-state index is 0.272. The lowest BCUT2D eigenvalue weighted by Crippen LogP contribution is -2.31. The molecule has 1 aromatic carbocycles. The van der Waals surface area contributed by atoms with E-state index < -0.39 is 11.7 Å². The zero-order chi connectivity index (χ0) is 14.9. The van der Waals surface area contributed by atoms with Crippen molar-refractivity contribution < 1.29 is 13.2 Å². The molecule has 0 atom stereocenters. The van der Waals surface area contributed by atoms with Gasteiger partial charge in [0.2, 0.25) is 0 Å². The topological polar surface area (TPSA) is 3.24 Å². The Hall–Kier alpha value is -0.710. The average molecular weight is 350 g/mol. The number of hydrogen-bond donors (Lipinski definition) is 0. The highest BCUT2D eigenvalue weighted by atomic mass is 79.9. The summed E-state index contributed by atoms with van der Waals surface area (Å²) < 4.78 is 39.9. The number of anilines is 1. The average Bonchev–Trinajstić information content (AvgIpc) is 3.18. The molecule has 0 bridgehead atoms. The highest BCUT2D eigenvalue weighted by molar-refractivity contribution is 9.08. The van der Waals surface area contributed by atoms with E-state index in [2.05, 4.69) is 15.9 Å². The van der Waals surface area contributed by atoms with Crippen molar-refractivity contribution in [3.05, 3.63) is 29.3 Å². The van der Waals surface area contributed by atoms with E-state index in [4.69, 9.17) is 0 Å². The van der Waals surface area contributed by atoms with Gasteiger partial charge in [-0.2, -0.15) is 13.2 Å². The van der Waals surface area contributed by atoms with Crippen LogP contribution in [0.1, 0.15) is 37.8 Å². The first kappa shape index (κ1) is 15.7. The molecule has 0 amide bonds. The summed E-state index contributed by atoms with van der Waals surface area (Å²) in [5.41, 5.74) is 0.474. The van der Waals surface area contributed by atoms with Gasteiger partial charge in [0.15, 0.2) is 0 Å². The van der Waals surface area contributed by atoms with Gasteiger partial charge in [0, 0.05) is 23.6 Å². The van der Waals surface area contributed by atoms with Gasteiger partial charge in [-0.25, -0.2) is 0 Å². The molecule has 0 aliphatic heterocycles. The molecule has 0 N–H and O–H groups in total. The molecule has 1 saturated carbocycles. The quantitative estimate of drug-likeness (QED) is 0.658. The molecule has 0 aromatic heterocycles. The highest BCUT2D eigenvalue weighted by Crippen LogP contribution is 2.41. The standard InChI is InChI=1S/C15H19BrF3N/c1-10(2)9-20(12-4-5-12)14-6-3-11(8-16)7-13(14)15(17,18)19/h3,6-7,10,12H,4-5,8-9H2,1-2H3. The van der Waals surface area contributed by atoms with Gasteiger partial charge in [-0.1, -0.05) is 35.8 Å². The first-order valence-corrected chi connectivity index (χ1v) is 7.97. The maximum Gasteiger partial charge on any atom is 0.418 e. The molecular weight excluding hydrogens is 331 g/mol. The number of alkyl halides is 4. The fraction of sp³-hybridized carbons (Fsp3) is 0.600. The molecule has 0 unspecified atom stereocenters. The lowest BCUT2D eigenvalue weighted by molar-refractivity contribution is -0.137. The van der Waals surface area contributed by atoms with Gasteiger partial charge < -0.3 is 4.90 Å². The molecule has 1 aromatic rings. The van der Waals surface area contributed by atoms with Crippen LogP contribution < -0.4 is 4.90 Å². The van der Waals surface area contributed by atoms with Gasteiger partial charge >= 0.3 is 6.18 Å². The largest absolute Gasteiger partial charge is 0.418 e. The summed E-state index contributed by atoms with van der Waals surface area (Å²) in [6.07, 6.45) is -2.33. The Balaban J connectivity index is 2.42. The third-order valence-corrected chi connectivity index (χ3v) is 4.03. The van der Waals surface area contributed by atoms with E-state index in [0.717, 1.165) is 12.8 Å². The van der Waals surface area contributed by atoms with Crippen LogP contribution >= 0.6 is 15.9 Å². The Kier molecular flexibility index (Phi) is 4.67. The smallest absolute Gasteiger partial charge is 0.368 e. The molecule has 0 heterocycles. The van der Waals surface area contributed by atoms with Crippen LogP contribution in [0, 0.1) is 5.92 Å². The van der Waals surface area contributed by atoms with Gasteiger partial charge in [0.1, 0.15) is 0 Å². The summed E-state index contributed by atoms with van der Waals surface area (Å²) in [6.45, 7) is 4.74. The molecule has 20 heavy (non-hydrogen) atoms. The van der Waals surface area contributed by atoms with Crippen LogP contribution in [0.25, 0.3) is 0 Å². The van der Waals surface area contributed by atoms with Gasteiger partial charge in [-0.15, -0.1) is 0 Å². The summed E-state index contributed by atoms with van der Waals surface area (Å²) in [5, 5.41) is 0.434. The van der Waals surface area contributed by atoms with Gasteiger partial charge in [0.25, 0.3) is 0 Å². The van der Waals surface area contributed by atoms with Crippen molar-refractivity contribution in [3.8, 4) is 0 Å². The molecule has 112 valence electrons. The number of hydrogen-bond acceptors (Lipinski definition) is 1. The monoisotopic (exact) mass is 349 g/mol. The maximum atomic E-state index is 13.3. The second kappa shape index (κ2) is 5.96. The van der Waals surface area contributed by atoms with Gasteiger partial charge in [-0.3, -0.25) is 0 Å². The molecule has 0 saturated heterocycles. The van der Waals surface area contributed by atoms with E-state index in [1.165, 1.54) is 6.07 Å². The van der Waals surface area contributed by atoms with E-state index >= 15 is 0 Å². The summed E-state index contributed by atoms with van der Waals surface area (Å²) in [6, 6.07) is 4.93. The summed E-state index contributed by atoms with van der Waals surface area (Å²) in [7, 11) is 0. The number of benzene rings is 1. The van der Waals surface area contributed by atoms with Crippen LogP contribution in [0.4, 0.5) is 18.9 Å². The fourth-order valence-corrected chi connectivity index (χ4v) is 2.72. The number of halogens is 4. The Morgan fingerprint density at radius 1 is 1.30 bits per heavy atom. The van der Waals surface area contributed by atoms with Crippen molar-refractivity contribution in [2.45, 2.75) is 44.2 Å². The maximum absolute atomic E-state index is 13.3. The molecule has 1 nitrogen and oxygen atoms in total. The SMILES string of the molecule is CC(C)CN(c1ccc(CBr)cc1C(F)(F)F)C1CC1. The Labute approximate surface area is 126 Å². The van der Waals surface area contributed by atoms with Crippen molar-refractivity contribution >= 4 is 21.6 Å². The first-order chi connectivity index (χ1) is 9.32. The third-order valence-electron chi connectivity index (χ3n) is 3.38. The zero-order valence-corrected chi connectivity index (χ0v) is 13.3. The molecule has 1 aliphatic rings. The minimum atomic E-state index is -4.31. The van der Waals surface area contributed by atoms with E-state index in [1.807, 2.05) is 18.7 Å². The third kappa shape index (κ3) is 3.68. The van der Waals surface area contributed by atoms with Crippen LogP contribution in [0.15, 0.2) is 18.2 Å². The van der Waals surface area contributed by atoms with Crippen LogP contribution in [-0.2, 0) is 11.5 Å². The molecule has 1 fully saturated rings. The van der Waals surface area contributed by atoms with Crippen molar-refractivity contribution in [3.63, 3.8) is 0 Å². The predicted molar refractivity (Wildman–Crippen MR) is 79.3 cm³/mol. The van der Waals surface area contributed by atoms with E-state index in [9.17, 15) is 13.2 Å². The molecule has 0 spiro atoms. The fourth-order valence-electron chi connectivity index (χ4n) is 2.37. The Morgan fingerprint density at radius 2 is 1.95 bits per heavy atom. The summed E-state index contributed by atoms with van der Waals surface area (Å²) >= 11 is 3.22. The molecule has 1 aliphatic carbocycles. The van der Waals surface area contributed by atoms with Crippen molar-refractivity contribution in [2.24, 2.45) is 5.92 Å². The Morgan fingerprint density at radius 3 is 2.40 bits per heavy atom. The summed E-state index contributed by atoms with van der Waals surface area (Å²) in [4.78, 5) is 1.94. The van der Waals surface area contributed by atoms with E-state index in [0.29, 0.717) is 29.0 Å². The lowest BCUT2D eigenvalue weighted by Gasteiger charge is -2.29. The molecule has 0 radical (unpaired) electrons. The van der Waals surface area contributed by atoms with E-state index in [-0.39, 0.29) is 6.04 Å². The second-order valence-corrected chi connectivity index (χ2v) is 6.32. The van der Waals surface area contributed by atoms with Gasteiger partial charge in [0.05, 0.1) is 5.56 Å². The van der Waals surface area contributed by atoms with Crippen molar-refractivity contribution in [2.75, 3.05) is 11.4 Å². The van der Waals surface area contributed by atoms with E-state index in [1.54, 1.807) is 12.1 Å². The van der Waals surface area contributed by atoms with Crippen molar-refractivity contribution in [1.29, 1.82) is 0 Å². The highest BCUT2D eigenvalue weighted by Gasteiger charge is 2.38. The Bertz CT molecular complexity index is 467. The first-order valence-electron chi connectivity index (χ1n) is 6.85. The zero-order valence-electron chi connectivity index (χ0n) is 11.7. The second-order valence-electron chi connectivity index (χ2n) is 5.76. The van der Waals surface area contributed by atoms with Gasteiger partial charge in [-0.05, 0) is 36.5 Å². The van der Waals surface area contributed by atoms with Crippen LogP contribution in [-0.4, -0.2) is 12.6 Å². The predicted octanol–water partition coefficient (Wildman–Crippen LogP) is 5.23.